The molecule has 3 aromatic carbocycles. The van der Waals surface area contributed by atoms with E-state index in [2.05, 4.69) is 75.5 Å². The van der Waals surface area contributed by atoms with Crippen LogP contribution < -0.4 is 0 Å². The molecule has 2 heteroatoms. The molecule has 0 saturated heterocycles. The van der Waals surface area contributed by atoms with E-state index in [0.29, 0.717) is 0 Å². The minimum Gasteiger partial charge on any atom is -0.354 e. The monoisotopic (exact) mass is 295 g/mol. The Morgan fingerprint density at radius 2 is 1.56 bits per heavy atom. The zero-order valence-corrected chi connectivity index (χ0v) is 11.2. The second-order valence-corrected chi connectivity index (χ2v) is 5.35. The summed E-state index contributed by atoms with van der Waals surface area (Å²) in [5.74, 6) is 0. The van der Waals surface area contributed by atoms with Crippen molar-refractivity contribution in [3.63, 3.8) is 0 Å². The van der Waals surface area contributed by atoms with Crippen molar-refractivity contribution in [1.29, 1.82) is 0 Å². The van der Waals surface area contributed by atoms with E-state index in [4.69, 9.17) is 0 Å². The summed E-state index contributed by atoms with van der Waals surface area (Å²) in [6.07, 6.45) is 0. The van der Waals surface area contributed by atoms with Crippen molar-refractivity contribution in [2.45, 2.75) is 0 Å². The van der Waals surface area contributed by atoms with Crippen molar-refractivity contribution >= 4 is 48.5 Å². The van der Waals surface area contributed by atoms with Crippen LogP contribution in [0.2, 0.25) is 0 Å². The highest BCUT2D eigenvalue weighted by molar-refractivity contribution is 9.10. The van der Waals surface area contributed by atoms with E-state index in [-0.39, 0.29) is 0 Å². The fraction of sp³-hybridized carbons (Fsp3) is 0. The van der Waals surface area contributed by atoms with Gasteiger partial charge in [-0.1, -0.05) is 58.4 Å². The molecule has 4 aromatic rings. The van der Waals surface area contributed by atoms with Crippen LogP contribution in [0.5, 0.6) is 0 Å². The molecule has 1 heterocycles. The Morgan fingerprint density at radius 3 is 2.44 bits per heavy atom. The third-order valence-corrected chi connectivity index (χ3v) is 4.08. The number of aromatic amines is 1. The smallest absolute Gasteiger partial charge is 0.0556 e. The van der Waals surface area contributed by atoms with Crippen molar-refractivity contribution in [1.82, 2.24) is 4.98 Å². The first-order valence-electron chi connectivity index (χ1n) is 5.92. The van der Waals surface area contributed by atoms with Crippen molar-refractivity contribution in [2.24, 2.45) is 0 Å². The van der Waals surface area contributed by atoms with E-state index in [1.54, 1.807) is 0 Å². The molecule has 4 rings (SSSR count). The van der Waals surface area contributed by atoms with Crippen molar-refractivity contribution in [3.05, 3.63) is 59.1 Å². The molecule has 0 radical (unpaired) electrons. The number of hydrogen-bond acceptors (Lipinski definition) is 0. The normalized spacial score (nSPS) is 11.6. The van der Waals surface area contributed by atoms with Crippen LogP contribution in [0.15, 0.2) is 59.1 Å². The molecule has 0 unspecified atom stereocenters. The van der Waals surface area contributed by atoms with Crippen molar-refractivity contribution in [3.8, 4) is 0 Å². The summed E-state index contributed by atoms with van der Waals surface area (Å²) < 4.78 is 1.15. The topological polar surface area (TPSA) is 15.8 Å². The lowest BCUT2D eigenvalue weighted by Gasteiger charge is -2.02. The fourth-order valence-corrected chi connectivity index (χ4v) is 3.31. The lowest BCUT2D eigenvalue weighted by molar-refractivity contribution is 1.56. The highest BCUT2D eigenvalue weighted by atomic mass is 79.9. The van der Waals surface area contributed by atoms with Gasteiger partial charge >= 0.3 is 0 Å². The molecule has 1 N–H and O–H groups in total. The molecule has 0 spiro atoms. The zero-order chi connectivity index (χ0) is 12.1. The van der Waals surface area contributed by atoms with Gasteiger partial charge in [0.1, 0.15) is 0 Å². The van der Waals surface area contributed by atoms with Gasteiger partial charge in [0.15, 0.2) is 0 Å². The number of para-hydroxylation sites is 1. The van der Waals surface area contributed by atoms with E-state index in [1.807, 2.05) is 0 Å². The van der Waals surface area contributed by atoms with E-state index >= 15 is 0 Å². The van der Waals surface area contributed by atoms with Gasteiger partial charge < -0.3 is 4.98 Å². The van der Waals surface area contributed by atoms with E-state index in [1.165, 1.54) is 32.6 Å². The molecule has 0 atom stereocenters. The van der Waals surface area contributed by atoms with Crippen LogP contribution in [0.1, 0.15) is 0 Å². The van der Waals surface area contributed by atoms with Crippen LogP contribution in [0.4, 0.5) is 0 Å². The maximum absolute atomic E-state index is 3.70. The summed E-state index contributed by atoms with van der Waals surface area (Å²) in [6, 6.07) is 19.1. The minimum atomic E-state index is 1.15. The molecule has 0 saturated carbocycles. The van der Waals surface area contributed by atoms with E-state index in [0.717, 1.165) is 4.47 Å². The molecular formula is C16H10BrN. The maximum atomic E-state index is 3.70. The number of nitrogens with one attached hydrogen (secondary N) is 1. The van der Waals surface area contributed by atoms with Gasteiger partial charge in [-0.25, -0.2) is 0 Å². The van der Waals surface area contributed by atoms with E-state index in [9.17, 15) is 0 Å². The summed E-state index contributed by atoms with van der Waals surface area (Å²) in [7, 11) is 0. The molecule has 0 bridgehead atoms. The van der Waals surface area contributed by atoms with Crippen LogP contribution in [0.25, 0.3) is 32.6 Å². The van der Waals surface area contributed by atoms with Crippen LogP contribution in [0.3, 0.4) is 0 Å². The molecule has 0 aliphatic heterocycles. The fourth-order valence-electron chi connectivity index (χ4n) is 2.65. The molecule has 1 aromatic heterocycles. The first-order chi connectivity index (χ1) is 8.84. The lowest BCUT2D eigenvalue weighted by Crippen LogP contribution is -1.76. The van der Waals surface area contributed by atoms with Crippen molar-refractivity contribution < 1.29 is 0 Å². The molecule has 0 aliphatic carbocycles. The predicted molar refractivity (Wildman–Crippen MR) is 81.0 cm³/mol. The average Bonchev–Trinajstić information content (AvgIpc) is 2.79. The van der Waals surface area contributed by atoms with Crippen LogP contribution in [-0.2, 0) is 0 Å². The summed E-state index contributed by atoms with van der Waals surface area (Å²) in [5, 5.41) is 5.06. The second kappa shape index (κ2) is 3.59. The summed E-state index contributed by atoms with van der Waals surface area (Å²) in [4.78, 5) is 3.53. The summed E-state index contributed by atoms with van der Waals surface area (Å²) >= 11 is 3.70. The number of hydrogen-bond donors (Lipinski definition) is 1. The van der Waals surface area contributed by atoms with Gasteiger partial charge in [-0.15, -0.1) is 0 Å². The number of benzene rings is 3. The van der Waals surface area contributed by atoms with Crippen molar-refractivity contribution in [2.75, 3.05) is 0 Å². The highest BCUT2D eigenvalue weighted by Gasteiger charge is 2.10. The number of fused-ring (bicyclic) bond motifs is 5. The first-order valence-corrected chi connectivity index (χ1v) is 6.71. The number of H-pyrrole nitrogens is 1. The number of rotatable bonds is 0. The van der Waals surface area contributed by atoms with Crippen LogP contribution in [-0.4, -0.2) is 4.98 Å². The Kier molecular flexibility index (Phi) is 2.03. The van der Waals surface area contributed by atoms with Gasteiger partial charge in [-0.3, -0.25) is 0 Å². The van der Waals surface area contributed by atoms with Crippen LogP contribution >= 0.6 is 15.9 Å². The Balaban J connectivity index is 2.38. The third kappa shape index (κ3) is 1.27. The zero-order valence-electron chi connectivity index (χ0n) is 9.57. The molecule has 18 heavy (non-hydrogen) atoms. The maximum Gasteiger partial charge on any atom is 0.0556 e. The second-order valence-electron chi connectivity index (χ2n) is 4.50. The number of aromatic nitrogens is 1. The highest BCUT2D eigenvalue weighted by Crippen LogP contribution is 2.36. The van der Waals surface area contributed by atoms with Crippen LogP contribution in [0, 0.1) is 0 Å². The third-order valence-electron chi connectivity index (χ3n) is 3.46. The summed E-state index contributed by atoms with van der Waals surface area (Å²) in [6.45, 7) is 0. The van der Waals surface area contributed by atoms with Gasteiger partial charge in [0.25, 0.3) is 0 Å². The first kappa shape index (κ1) is 10.2. The van der Waals surface area contributed by atoms with Gasteiger partial charge in [0.2, 0.25) is 0 Å². The molecule has 86 valence electrons. The molecule has 1 nitrogen and oxygen atoms in total. The average molecular weight is 296 g/mol. The Labute approximate surface area is 113 Å². The lowest BCUT2D eigenvalue weighted by atomic mass is 10.1. The van der Waals surface area contributed by atoms with Gasteiger partial charge in [-0.05, 0) is 17.5 Å². The SMILES string of the molecule is Brc1cc2ccccc2c2[nH]c3ccccc3c12. The van der Waals surface area contributed by atoms with Gasteiger partial charge in [0.05, 0.1) is 5.52 Å². The molecule has 0 fully saturated rings. The Bertz CT molecular complexity index is 889. The molecule has 0 amide bonds. The van der Waals surface area contributed by atoms with Gasteiger partial charge in [0, 0.05) is 26.1 Å². The Morgan fingerprint density at radius 1 is 0.833 bits per heavy atom. The predicted octanol–water partition coefficient (Wildman–Crippen LogP) is 5.24. The largest absolute Gasteiger partial charge is 0.354 e. The molecule has 0 aliphatic rings. The summed E-state index contributed by atoms with van der Waals surface area (Å²) in [5.41, 5.74) is 2.39. The standard InChI is InChI=1S/C16H10BrN/c17-13-9-10-5-1-2-6-11(10)16-15(13)12-7-3-4-8-14(12)18-16/h1-9,18H. The Hall–Kier alpha value is -1.80. The van der Waals surface area contributed by atoms with Gasteiger partial charge in [-0.2, -0.15) is 0 Å². The quantitative estimate of drug-likeness (QED) is 0.457. The molecular weight excluding hydrogens is 286 g/mol. The number of halogens is 1. The van der Waals surface area contributed by atoms with E-state index < -0.39 is 0 Å². The minimum absolute atomic E-state index is 1.15.